The van der Waals surface area contributed by atoms with Crippen LogP contribution < -0.4 is 9.64 Å². The zero-order valence-corrected chi connectivity index (χ0v) is 20.9. The molecule has 38 heavy (non-hydrogen) atoms. The Bertz CT molecular complexity index is 1300. The van der Waals surface area contributed by atoms with Crippen LogP contribution in [-0.2, 0) is 15.7 Å². The van der Waals surface area contributed by atoms with E-state index < -0.39 is 46.8 Å². The maximum atomic E-state index is 15.4. The lowest BCUT2D eigenvalue weighted by atomic mass is 10.1. The lowest BCUT2D eigenvalue weighted by Crippen LogP contribution is -2.40. The van der Waals surface area contributed by atoms with E-state index in [-0.39, 0.29) is 30.3 Å². The van der Waals surface area contributed by atoms with E-state index in [0.29, 0.717) is 5.02 Å². The number of rotatable bonds is 11. The molecule has 0 radical (unpaired) electrons. The second kappa shape index (κ2) is 12.2. The van der Waals surface area contributed by atoms with Crippen molar-refractivity contribution in [3.63, 3.8) is 0 Å². The third-order valence-electron chi connectivity index (χ3n) is 5.20. The molecule has 2 heterocycles. The van der Waals surface area contributed by atoms with Crippen molar-refractivity contribution in [2.75, 3.05) is 32.3 Å². The van der Waals surface area contributed by atoms with Crippen LogP contribution in [0, 0.1) is 5.82 Å². The van der Waals surface area contributed by atoms with Crippen LogP contribution in [0.4, 0.5) is 29.1 Å². The number of halogens is 5. The minimum atomic E-state index is -4.89. The fourth-order valence-corrected chi connectivity index (χ4v) is 3.67. The van der Waals surface area contributed by atoms with Crippen LogP contribution in [0.1, 0.15) is 21.5 Å². The molecule has 3 aromatic rings. The zero-order valence-electron chi connectivity index (χ0n) is 20.1. The number of pyridine rings is 2. The highest BCUT2D eigenvalue weighted by molar-refractivity contribution is 6.30. The van der Waals surface area contributed by atoms with Gasteiger partial charge in [-0.15, -0.1) is 0 Å². The Morgan fingerprint density at radius 2 is 1.84 bits per heavy atom. The van der Waals surface area contributed by atoms with Crippen molar-refractivity contribution in [2.45, 2.75) is 12.2 Å². The Labute approximate surface area is 220 Å². The molecule has 2 aromatic heterocycles. The number of carboxylic acids is 1. The summed E-state index contributed by atoms with van der Waals surface area (Å²) in [5.41, 5.74) is -1.91. The molecule has 8 nitrogen and oxygen atoms in total. The van der Waals surface area contributed by atoms with Gasteiger partial charge in [0.1, 0.15) is 11.4 Å². The third-order valence-corrected chi connectivity index (χ3v) is 5.43. The molecule has 13 heteroatoms. The number of aromatic nitrogens is 2. The van der Waals surface area contributed by atoms with Crippen molar-refractivity contribution < 1.29 is 41.7 Å². The summed E-state index contributed by atoms with van der Waals surface area (Å²) in [6.45, 7) is 3.44. The van der Waals surface area contributed by atoms with E-state index in [2.05, 4.69) is 16.5 Å². The average Bonchev–Trinajstić information content (AvgIpc) is 2.86. The van der Waals surface area contributed by atoms with Gasteiger partial charge in [-0.1, -0.05) is 24.3 Å². The average molecular weight is 556 g/mol. The van der Waals surface area contributed by atoms with Crippen molar-refractivity contribution in [1.82, 2.24) is 9.97 Å². The first-order valence-electron chi connectivity index (χ1n) is 10.8. The van der Waals surface area contributed by atoms with Gasteiger partial charge in [-0.3, -0.25) is 0 Å². The highest BCUT2D eigenvalue weighted by atomic mass is 35.5. The van der Waals surface area contributed by atoms with Gasteiger partial charge in [-0.25, -0.2) is 19.2 Å². The SMILES string of the molecule is C=Cc1cnc(Oc2cc(C(=O)O)c(N(c3ccc(Cl)cn3)C(COC)COC)cc2F)c(C(F)(F)F)c1. The molecule has 0 amide bonds. The Morgan fingerprint density at radius 1 is 1.16 bits per heavy atom. The topological polar surface area (TPSA) is 94.0 Å². The first kappa shape index (κ1) is 28.8. The van der Waals surface area contributed by atoms with Gasteiger partial charge in [0.05, 0.1) is 35.5 Å². The number of benzene rings is 1. The molecule has 0 unspecified atom stereocenters. The minimum absolute atomic E-state index is 0.0194. The molecule has 0 aliphatic heterocycles. The summed E-state index contributed by atoms with van der Waals surface area (Å²) in [6.07, 6.45) is -1.38. The lowest BCUT2D eigenvalue weighted by Gasteiger charge is -2.33. The molecule has 0 bridgehead atoms. The maximum absolute atomic E-state index is 15.4. The molecule has 1 aromatic carbocycles. The Kier molecular flexibility index (Phi) is 9.26. The summed E-state index contributed by atoms with van der Waals surface area (Å²) in [6, 6.07) is 4.62. The molecule has 1 N–H and O–H groups in total. The molecule has 0 spiro atoms. The molecule has 0 aliphatic rings. The number of aromatic carboxylic acids is 1. The zero-order chi connectivity index (χ0) is 28.0. The number of carbonyl (C=O) groups is 1. The van der Waals surface area contributed by atoms with Crippen LogP contribution in [0.5, 0.6) is 11.6 Å². The van der Waals surface area contributed by atoms with Crippen molar-refractivity contribution >= 4 is 35.2 Å². The van der Waals surface area contributed by atoms with Crippen molar-refractivity contribution in [3.05, 3.63) is 76.8 Å². The highest BCUT2D eigenvalue weighted by Gasteiger charge is 2.36. The van der Waals surface area contributed by atoms with E-state index in [9.17, 15) is 23.1 Å². The number of anilines is 2. The summed E-state index contributed by atoms with van der Waals surface area (Å²) in [4.78, 5) is 21.5. The summed E-state index contributed by atoms with van der Waals surface area (Å²) in [5, 5.41) is 10.3. The quantitative estimate of drug-likeness (QED) is 0.279. The number of carboxylic acid groups (broad SMARTS) is 1. The van der Waals surface area contributed by atoms with Gasteiger partial charge in [0.15, 0.2) is 11.6 Å². The molecule has 0 fully saturated rings. The maximum Gasteiger partial charge on any atom is 0.421 e. The van der Waals surface area contributed by atoms with E-state index >= 15 is 4.39 Å². The van der Waals surface area contributed by atoms with E-state index in [4.69, 9.17) is 25.8 Å². The molecular weight excluding hydrogens is 534 g/mol. The van der Waals surface area contributed by atoms with Crippen LogP contribution in [0.2, 0.25) is 5.02 Å². The molecular formula is C25H22ClF4N3O5. The summed E-state index contributed by atoms with van der Waals surface area (Å²) >= 11 is 5.94. The molecule has 0 saturated carbocycles. The van der Waals surface area contributed by atoms with Crippen molar-refractivity contribution in [1.29, 1.82) is 0 Å². The number of nitrogens with zero attached hydrogens (tertiary/aromatic N) is 3. The number of hydrogen-bond acceptors (Lipinski definition) is 7. The van der Waals surface area contributed by atoms with Gasteiger partial charge in [-0.05, 0) is 23.8 Å². The monoisotopic (exact) mass is 555 g/mol. The molecule has 0 saturated heterocycles. The predicted molar refractivity (Wildman–Crippen MR) is 132 cm³/mol. The van der Waals surface area contributed by atoms with E-state index in [1.807, 2.05) is 0 Å². The van der Waals surface area contributed by atoms with Gasteiger partial charge in [0.25, 0.3) is 0 Å². The first-order valence-corrected chi connectivity index (χ1v) is 11.2. The van der Waals surface area contributed by atoms with Gasteiger partial charge in [0, 0.05) is 38.7 Å². The fourth-order valence-electron chi connectivity index (χ4n) is 3.56. The van der Waals surface area contributed by atoms with Crippen LogP contribution >= 0.6 is 11.6 Å². The Hall–Kier alpha value is -3.74. The second-order valence-corrected chi connectivity index (χ2v) is 8.24. The van der Waals surface area contributed by atoms with Crippen LogP contribution in [0.25, 0.3) is 6.08 Å². The van der Waals surface area contributed by atoms with Gasteiger partial charge < -0.3 is 24.2 Å². The van der Waals surface area contributed by atoms with E-state index in [1.54, 1.807) is 0 Å². The fraction of sp³-hybridized carbons (Fsp3) is 0.240. The lowest BCUT2D eigenvalue weighted by molar-refractivity contribution is -0.138. The van der Waals surface area contributed by atoms with Crippen LogP contribution in [0.15, 0.2) is 49.3 Å². The largest absolute Gasteiger partial charge is 0.478 e. The number of ether oxygens (including phenoxy) is 3. The number of methoxy groups -OCH3 is 2. The van der Waals surface area contributed by atoms with Crippen molar-refractivity contribution in [2.24, 2.45) is 0 Å². The number of alkyl halides is 3. The molecule has 0 atom stereocenters. The Morgan fingerprint density at radius 3 is 2.37 bits per heavy atom. The summed E-state index contributed by atoms with van der Waals surface area (Å²) < 4.78 is 71.8. The standard InChI is InChI=1S/C25H22ClF4N3O5/c1-4-14-7-18(25(28,29)30)23(32-10-14)38-21-8-17(24(34)35)20(9-19(21)27)33(16(12-36-2)13-37-3)22-6-5-15(26)11-31-22/h4-11,16H,1,12-13H2,2-3H3,(H,34,35). The second-order valence-electron chi connectivity index (χ2n) is 7.80. The van der Waals surface area contributed by atoms with Crippen LogP contribution in [-0.4, -0.2) is 54.5 Å². The third kappa shape index (κ3) is 6.57. The van der Waals surface area contributed by atoms with Crippen LogP contribution in [0.3, 0.4) is 0 Å². The predicted octanol–water partition coefficient (Wildman–Crippen LogP) is 6.22. The molecule has 3 rings (SSSR count). The van der Waals surface area contributed by atoms with Gasteiger partial charge >= 0.3 is 12.1 Å². The van der Waals surface area contributed by atoms with E-state index in [0.717, 1.165) is 30.5 Å². The summed E-state index contributed by atoms with van der Waals surface area (Å²) in [5.74, 6) is -4.22. The normalized spacial score (nSPS) is 11.5. The first-order chi connectivity index (χ1) is 18.0. The highest BCUT2D eigenvalue weighted by Crippen LogP contribution is 2.40. The number of hydrogen-bond donors (Lipinski definition) is 1. The summed E-state index contributed by atoms with van der Waals surface area (Å²) in [7, 11) is 2.82. The van der Waals surface area contributed by atoms with E-state index in [1.165, 1.54) is 37.4 Å². The Balaban J connectivity index is 2.18. The van der Waals surface area contributed by atoms with Gasteiger partial charge in [-0.2, -0.15) is 13.2 Å². The minimum Gasteiger partial charge on any atom is -0.478 e. The molecule has 0 aliphatic carbocycles. The van der Waals surface area contributed by atoms with Crippen molar-refractivity contribution in [3.8, 4) is 11.6 Å². The smallest absolute Gasteiger partial charge is 0.421 e. The van der Waals surface area contributed by atoms with Gasteiger partial charge in [0.2, 0.25) is 5.88 Å². The molecule has 202 valence electrons.